The van der Waals surface area contributed by atoms with Gasteiger partial charge in [-0.05, 0) is 12.1 Å². The van der Waals surface area contributed by atoms with Crippen molar-refractivity contribution in [3.63, 3.8) is 0 Å². The van der Waals surface area contributed by atoms with Crippen LogP contribution in [0.25, 0.3) is 0 Å². The van der Waals surface area contributed by atoms with Crippen LogP contribution < -0.4 is 5.32 Å². The summed E-state index contributed by atoms with van der Waals surface area (Å²) < 4.78 is 36.4. The summed E-state index contributed by atoms with van der Waals surface area (Å²) >= 11 is 0. The van der Waals surface area contributed by atoms with Crippen LogP contribution in [-0.2, 0) is 6.18 Å². The highest BCUT2D eigenvalue weighted by molar-refractivity contribution is 5.51. The third-order valence-electron chi connectivity index (χ3n) is 1.53. The number of anilines is 1. The van der Waals surface area contributed by atoms with Gasteiger partial charge in [-0.25, -0.2) is 0 Å². The Morgan fingerprint density at radius 3 is 2.31 bits per heavy atom. The van der Waals surface area contributed by atoms with Crippen LogP contribution >= 0.6 is 0 Å². The Labute approximate surface area is 73.0 Å². The van der Waals surface area contributed by atoms with Gasteiger partial charge in [-0.2, -0.15) is 13.2 Å². The van der Waals surface area contributed by atoms with Crippen LogP contribution in [0.2, 0.25) is 0 Å². The van der Waals surface area contributed by atoms with Gasteiger partial charge in [0.1, 0.15) is 5.75 Å². The largest absolute Gasteiger partial charge is 0.508 e. The lowest BCUT2D eigenvalue weighted by Gasteiger charge is -2.09. The number of alkyl halides is 3. The van der Waals surface area contributed by atoms with Gasteiger partial charge < -0.3 is 10.4 Å². The topological polar surface area (TPSA) is 32.3 Å². The lowest BCUT2D eigenvalue weighted by Crippen LogP contribution is -2.05. The summed E-state index contributed by atoms with van der Waals surface area (Å²) in [6.07, 6.45) is -4.43. The normalized spacial score (nSPS) is 11.4. The first kappa shape index (κ1) is 9.70. The maximum atomic E-state index is 12.1. The number of hydrogen-bond donors (Lipinski definition) is 2. The molecule has 0 bridgehead atoms. The fourth-order valence-corrected chi connectivity index (χ4v) is 0.919. The Balaban J connectivity index is 3.16. The van der Waals surface area contributed by atoms with E-state index in [0.29, 0.717) is 6.07 Å². The maximum Gasteiger partial charge on any atom is 0.416 e. The Morgan fingerprint density at radius 1 is 1.23 bits per heavy atom. The molecule has 1 rings (SSSR count). The molecule has 0 spiro atoms. The van der Waals surface area contributed by atoms with Crippen LogP contribution in [0.4, 0.5) is 18.9 Å². The first-order valence-corrected chi connectivity index (χ1v) is 3.52. The molecule has 72 valence electrons. The molecule has 0 heterocycles. The Morgan fingerprint density at radius 2 is 1.85 bits per heavy atom. The summed E-state index contributed by atoms with van der Waals surface area (Å²) in [4.78, 5) is 0. The average Bonchev–Trinajstić information content (AvgIpc) is 2.01. The van der Waals surface area contributed by atoms with Crippen molar-refractivity contribution in [2.45, 2.75) is 6.18 Å². The second-order valence-electron chi connectivity index (χ2n) is 2.52. The summed E-state index contributed by atoms with van der Waals surface area (Å²) in [6.45, 7) is 0. The molecule has 13 heavy (non-hydrogen) atoms. The van der Waals surface area contributed by atoms with Crippen molar-refractivity contribution in [2.75, 3.05) is 12.4 Å². The van der Waals surface area contributed by atoms with Gasteiger partial charge in [-0.3, -0.25) is 0 Å². The van der Waals surface area contributed by atoms with Crippen LogP contribution in [-0.4, -0.2) is 12.2 Å². The Bertz CT molecular complexity index is 309. The molecular formula is C8H8F3NO. The van der Waals surface area contributed by atoms with E-state index in [1.807, 2.05) is 0 Å². The SMILES string of the molecule is CNc1cc(O)cc(C(F)(F)F)c1. The van der Waals surface area contributed by atoms with Gasteiger partial charge in [0.05, 0.1) is 5.56 Å². The van der Waals surface area contributed by atoms with Crippen molar-refractivity contribution < 1.29 is 18.3 Å². The minimum atomic E-state index is -4.43. The Hall–Kier alpha value is -1.39. The van der Waals surface area contributed by atoms with E-state index in [9.17, 15) is 13.2 Å². The zero-order valence-corrected chi connectivity index (χ0v) is 6.81. The average molecular weight is 191 g/mol. The molecule has 0 aliphatic heterocycles. The molecular weight excluding hydrogens is 183 g/mol. The lowest BCUT2D eigenvalue weighted by molar-refractivity contribution is -0.137. The van der Waals surface area contributed by atoms with Crippen molar-refractivity contribution in [1.29, 1.82) is 0 Å². The van der Waals surface area contributed by atoms with Gasteiger partial charge in [-0.1, -0.05) is 0 Å². The number of benzene rings is 1. The molecule has 0 amide bonds. The summed E-state index contributed by atoms with van der Waals surface area (Å²) in [5, 5.41) is 11.5. The number of hydrogen-bond acceptors (Lipinski definition) is 2. The zero-order valence-electron chi connectivity index (χ0n) is 6.81. The number of phenolic OH excluding ortho intramolecular Hbond substituents is 1. The van der Waals surface area contributed by atoms with E-state index in [1.54, 1.807) is 0 Å². The van der Waals surface area contributed by atoms with Crippen molar-refractivity contribution in [3.05, 3.63) is 23.8 Å². The van der Waals surface area contributed by atoms with E-state index in [0.717, 1.165) is 6.07 Å². The Kier molecular flexibility index (Phi) is 2.36. The van der Waals surface area contributed by atoms with Crippen LogP contribution in [0.5, 0.6) is 5.75 Å². The predicted octanol–water partition coefficient (Wildman–Crippen LogP) is 2.45. The van der Waals surface area contributed by atoms with Crippen molar-refractivity contribution in [3.8, 4) is 5.75 Å². The van der Waals surface area contributed by atoms with E-state index in [1.165, 1.54) is 13.1 Å². The highest BCUT2D eigenvalue weighted by atomic mass is 19.4. The standard InChI is InChI=1S/C8H8F3NO/c1-12-6-2-5(8(9,10)11)3-7(13)4-6/h2-4,12-13H,1H3. The van der Waals surface area contributed by atoms with Crippen molar-refractivity contribution in [1.82, 2.24) is 0 Å². The van der Waals surface area contributed by atoms with E-state index in [2.05, 4.69) is 5.32 Å². The van der Waals surface area contributed by atoms with Crippen molar-refractivity contribution in [2.24, 2.45) is 0 Å². The third kappa shape index (κ3) is 2.27. The fourth-order valence-electron chi connectivity index (χ4n) is 0.919. The molecule has 2 N–H and O–H groups in total. The monoisotopic (exact) mass is 191 g/mol. The van der Waals surface area contributed by atoms with Crippen LogP contribution in [0.3, 0.4) is 0 Å². The van der Waals surface area contributed by atoms with Crippen molar-refractivity contribution >= 4 is 5.69 Å². The lowest BCUT2D eigenvalue weighted by atomic mass is 10.2. The minimum absolute atomic E-state index is 0.229. The van der Waals surface area contributed by atoms with Crippen LogP contribution in [0.15, 0.2) is 18.2 Å². The number of aromatic hydroxyl groups is 1. The smallest absolute Gasteiger partial charge is 0.416 e. The van der Waals surface area contributed by atoms with E-state index in [4.69, 9.17) is 5.11 Å². The first-order chi connectivity index (χ1) is 5.93. The summed E-state index contributed by atoms with van der Waals surface area (Å²) in [6, 6.07) is 2.83. The summed E-state index contributed by atoms with van der Waals surface area (Å²) in [5.74, 6) is -0.404. The van der Waals surface area contributed by atoms with Gasteiger partial charge in [0.25, 0.3) is 0 Å². The molecule has 0 saturated carbocycles. The minimum Gasteiger partial charge on any atom is -0.508 e. The molecule has 5 heteroatoms. The highest BCUT2D eigenvalue weighted by Gasteiger charge is 2.31. The molecule has 0 aliphatic rings. The highest BCUT2D eigenvalue weighted by Crippen LogP contribution is 2.33. The molecule has 0 unspecified atom stereocenters. The predicted molar refractivity (Wildman–Crippen MR) is 42.7 cm³/mol. The van der Waals surface area contributed by atoms with Gasteiger partial charge in [-0.15, -0.1) is 0 Å². The van der Waals surface area contributed by atoms with E-state index >= 15 is 0 Å². The molecule has 1 aromatic carbocycles. The van der Waals surface area contributed by atoms with Gasteiger partial charge in [0.15, 0.2) is 0 Å². The number of phenols is 1. The number of halogens is 3. The first-order valence-electron chi connectivity index (χ1n) is 3.52. The van der Waals surface area contributed by atoms with Crippen LogP contribution in [0.1, 0.15) is 5.56 Å². The van der Waals surface area contributed by atoms with Gasteiger partial charge >= 0.3 is 6.18 Å². The van der Waals surface area contributed by atoms with Gasteiger partial charge in [0, 0.05) is 18.8 Å². The second kappa shape index (κ2) is 3.16. The number of nitrogens with one attached hydrogen (secondary N) is 1. The molecule has 0 aliphatic carbocycles. The fraction of sp³-hybridized carbons (Fsp3) is 0.250. The molecule has 0 saturated heterocycles. The molecule has 0 atom stereocenters. The quantitative estimate of drug-likeness (QED) is 0.714. The number of rotatable bonds is 1. The maximum absolute atomic E-state index is 12.1. The third-order valence-corrected chi connectivity index (χ3v) is 1.53. The van der Waals surface area contributed by atoms with Gasteiger partial charge in [0.2, 0.25) is 0 Å². The molecule has 0 aromatic heterocycles. The van der Waals surface area contributed by atoms with E-state index < -0.39 is 17.5 Å². The summed E-state index contributed by atoms with van der Waals surface area (Å²) in [5.41, 5.74) is -0.635. The molecule has 2 nitrogen and oxygen atoms in total. The molecule has 1 aromatic rings. The summed E-state index contributed by atoms with van der Waals surface area (Å²) in [7, 11) is 1.48. The second-order valence-corrected chi connectivity index (χ2v) is 2.52. The van der Waals surface area contributed by atoms with Crippen LogP contribution in [0, 0.1) is 0 Å². The van der Waals surface area contributed by atoms with E-state index in [-0.39, 0.29) is 5.69 Å². The zero-order chi connectivity index (χ0) is 10.1. The molecule has 0 radical (unpaired) electrons. The molecule has 0 fully saturated rings.